The summed E-state index contributed by atoms with van der Waals surface area (Å²) in [5.74, 6) is 0.376. The van der Waals surface area contributed by atoms with Crippen LogP contribution < -0.4 is 9.64 Å². The predicted molar refractivity (Wildman–Crippen MR) is 104 cm³/mol. The van der Waals surface area contributed by atoms with E-state index in [1.807, 2.05) is 42.5 Å². The largest absolute Gasteiger partial charge is 0.482 e. The van der Waals surface area contributed by atoms with Gasteiger partial charge in [0, 0.05) is 24.6 Å². The third-order valence-corrected chi connectivity index (χ3v) is 5.38. The number of anilines is 1. The summed E-state index contributed by atoms with van der Waals surface area (Å²) < 4.78 is 5.42. The molecule has 0 atom stereocenters. The van der Waals surface area contributed by atoms with Gasteiger partial charge in [0.05, 0.1) is 5.69 Å². The molecule has 0 saturated carbocycles. The molecule has 0 bridgehead atoms. The second-order valence-corrected chi connectivity index (χ2v) is 7.12. The molecule has 144 valence electrons. The molecule has 2 aromatic rings. The minimum Gasteiger partial charge on any atom is -0.482 e. The van der Waals surface area contributed by atoms with E-state index in [2.05, 4.69) is 0 Å². The number of hydrogen-bond acceptors (Lipinski definition) is 4. The number of piperidine rings is 1. The first-order chi connectivity index (χ1) is 13.6. The molecule has 0 radical (unpaired) electrons. The fourth-order valence-electron chi connectivity index (χ4n) is 3.79. The lowest BCUT2D eigenvalue weighted by atomic mass is 9.89. The molecule has 0 unspecified atom stereocenters. The number of ketones is 1. The van der Waals surface area contributed by atoms with Crippen molar-refractivity contribution in [1.82, 2.24) is 4.90 Å². The molecule has 0 spiro atoms. The van der Waals surface area contributed by atoms with Gasteiger partial charge in [-0.1, -0.05) is 42.5 Å². The minimum absolute atomic E-state index is 0.00347. The number of para-hydroxylation sites is 2. The van der Waals surface area contributed by atoms with E-state index < -0.39 is 0 Å². The third kappa shape index (κ3) is 3.63. The molecule has 2 heterocycles. The summed E-state index contributed by atoms with van der Waals surface area (Å²) in [5, 5.41) is 0. The Balaban J connectivity index is 1.37. The van der Waals surface area contributed by atoms with Crippen LogP contribution in [0, 0.1) is 5.92 Å². The van der Waals surface area contributed by atoms with E-state index in [0.717, 1.165) is 5.56 Å². The van der Waals surface area contributed by atoms with Crippen LogP contribution in [0.4, 0.5) is 5.69 Å². The van der Waals surface area contributed by atoms with Crippen molar-refractivity contribution < 1.29 is 19.1 Å². The zero-order valence-electron chi connectivity index (χ0n) is 15.5. The van der Waals surface area contributed by atoms with Gasteiger partial charge in [-0.15, -0.1) is 0 Å². The van der Waals surface area contributed by atoms with E-state index >= 15 is 0 Å². The van der Waals surface area contributed by atoms with Crippen LogP contribution in [0.25, 0.3) is 0 Å². The summed E-state index contributed by atoms with van der Waals surface area (Å²) in [6, 6.07) is 16.5. The van der Waals surface area contributed by atoms with Crippen LogP contribution in [0.1, 0.15) is 23.2 Å². The number of ether oxygens (including phenoxy) is 1. The van der Waals surface area contributed by atoms with Crippen LogP contribution in [0.2, 0.25) is 0 Å². The quantitative estimate of drug-likeness (QED) is 0.767. The molecule has 6 nitrogen and oxygen atoms in total. The SMILES string of the molecule is O=C(c1ccccc1)C1CCN(C(=O)CN2C(=O)COc3ccccc32)CC1. The second-order valence-electron chi connectivity index (χ2n) is 7.12. The van der Waals surface area contributed by atoms with Crippen LogP contribution in [-0.4, -0.2) is 48.7 Å². The Morgan fingerprint density at radius 3 is 2.39 bits per heavy atom. The van der Waals surface area contributed by atoms with Crippen molar-refractivity contribution in [2.45, 2.75) is 12.8 Å². The Kier molecular flexibility index (Phi) is 5.10. The van der Waals surface area contributed by atoms with Crippen molar-refractivity contribution >= 4 is 23.3 Å². The van der Waals surface area contributed by atoms with Crippen molar-refractivity contribution in [1.29, 1.82) is 0 Å². The Labute approximate surface area is 163 Å². The molecule has 1 fully saturated rings. The maximum absolute atomic E-state index is 12.8. The van der Waals surface area contributed by atoms with Gasteiger partial charge in [0.15, 0.2) is 12.4 Å². The molecule has 0 aliphatic carbocycles. The number of rotatable bonds is 4. The second kappa shape index (κ2) is 7.84. The van der Waals surface area contributed by atoms with E-state index in [-0.39, 0.29) is 36.7 Å². The summed E-state index contributed by atoms with van der Waals surface area (Å²) in [4.78, 5) is 40.9. The van der Waals surface area contributed by atoms with Gasteiger partial charge in [0.25, 0.3) is 5.91 Å². The molecule has 2 amide bonds. The van der Waals surface area contributed by atoms with Crippen LogP contribution in [0.5, 0.6) is 5.75 Å². The molecule has 2 aromatic carbocycles. The first-order valence-electron chi connectivity index (χ1n) is 9.52. The molecule has 28 heavy (non-hydrogen) atoms. The molecule has 6 heteroatoms. The van der Waals surface area contributed by atoms with Crippen molar-refractivity contribution in [3.05, 3.63) is 60.2 Å². The van der Waals surface area contributed by atoms with Gasteiger partial charge in [-0.3, -0.25) is 19.3 Å². The first-order valence-corrected chi connectivity index (χ1v) is 9.52. The van der Waals surface area contributed by atoms with Crippen molar-refractivity contribution in [2.75, 3.05) is 31.1 Å². The standard InChI is InChI=1S/C22H22N2O4/c25-20(14-24-18-8-4-5-9-19(18)28-15-21(24)26)23-12-10-17(11-13-23)22(27)16-6-2-1-3-7-16/h1-9,17H,10-15H2. The van der Waals surface area contributed by atoms with Crippen LogP contribution in [0.15, 0.2) is 54.6 Å². The number of fused-ring (bicyclic) bond motifs is 1. The number of benzene rings is 2. The van der Waals surface area contributed by atoms with Gasteiger partial charge in [-0.2, -0.15) is 0 Å². The highest BCUT2D eigenvalue weighted by Crippen LogP contribution is 2.31. The summed E-state index contributed by atoms with van der Waals surface area (Å²) in [6.07, 6.45) is 1.29. The van der Waals surface area contributed by atoms with Crippen molar-refractivity contribution in [3.63, 3.8) is 0 Å². The summed E-state index contributed by atoms with van der Waals surface area (Å²) in [5.41, 5.74) is 1.35. The Hall–Kier alpha value is -3.15. The Bertz CT molecular complexity index is 888. The number of hydrogen-bond donors (Lipinski definition) is 0. The first kappa shape index (κ1) is 18.2. The number of carbonyl (C=O) groups excluding carboxylic acids is 3. The fraction of sp³-hybridized carbons (Fsp3) is 0.318. The lowest BCUT2D eigenvalue weighted by Crippen LogP contribution is -2.48. The Morgan fingerprint density at radius 2 is 1.64 bits per heavy atom. The summed E-state index contributed by atoms with van der Waals surface area (Å²) >= 11 is 0. The molecule has 2 aliphatic rings. The lowest BCUT2D eigenvalue weighted by Gasteiger charge is -2.34. The van der Waals surface area contributed by atoms with E-state index in [9.17, 15) is 14.4 Å². The molecular weight excluding hydrogens is 356 g/mol. The molecular formula is C22H22N2O4. The highest BCUT2D eigenvalue weighted by atomic mass is 16.5. The lowest BCUT2D eigenvalue weighted by molar-refractivity contribution is -0.133. The number of carbonyl (C=O) groups is 3. The number of likely N-dealkylation sites (tertiary alicyclic amines) is 1. The van der Waals surface area contributed by atoms with Gasteiger partial charge in [-0.05, 0) is 25.0 Å². The van der Waals surface area contributed by atoms with Gasteiger partial charge >= 0.3 is 0 Å². The van der Waals surface area contributed by atoms with Gasteiger partial charge in [-0.25, -0.2) is 0 Å². The van der Waals surface area contributed by atoms with E-state index in [1.54, 1.807) is 17.0 Å². The van der Waals surface area contributed by atoms with Crippen LogP contribution >= 0.6 is 0 Å². The van der Waals surface area contributed by atoms with Gasteiger partial charge in [0.1, 0.15) is 12.3 Å². The van der Waals surface area contributed by atoms with Crippen molar-refractivity contribution in [2.24, 2.45) is 5.92 Å². The number of Topliss-reactive ketones (excluding diaryl/α,β-unsaturated/α-hetero) is 1. The summed E-state index contributed by atoms with van der Waals surface area (Å²) in [6.45, 7) is 0.999. The predicted octanol–water partition coefficient (Wildman–Crippen LogP) is 2.53. The molecule has 0 aromatic heterocycles. The minimum atomic E-state index is -0.221. The molecule has 4 rings (SSSR count). The highest BCUT2D eigenvalue weighted by molar-refractivity contribution is 6.02. The molecule has 1 saturated heterocycles. The average molecular weight is 378 g/mol. The van der Waals surface area contributed by atoms with E-state index in [4.69, 9.17) is 4.74 Å². The zero-order valence-corrected chi connectivity index (χ0v) is 15.5. The maximum Gasteiger partial charge on any atom is 0.265 e. The zero-order chi connectivity index (χ0) is 19.5. The van der Waals surface area contributed by atoms with Crippen molar-refractivity contribution in [3.8, 4) is 5.75 Å². The van der Waals surface area contributed by atoms with E-state index in [1.165, 1.54) is 4.90 Å². The van der Waals surface area contributed by atoms with Gasteiger partial charge in [0.2, 0.25) is 5.91 Å². The summed E-state index contributed by atoms with van der Waals surface area (Å²) in [7, 11) is 0. The third-order valence-electron chi connectivity index (χ3n) is 5.38. The normalized spacial score (nSPS) is 17.1. The highest BCUT2D eigenvalue weighted by Gasteiger charge is 2.31. The molecule has 2 aliphatic heterocycles. The maximum atomic E-state index is 12.8. The van der Waals surface area contributed by atoms with Crippen LogP contribution in [0.3, 0.4) is 0 Å². The fourth-order valence-corrected chi connectivity index (χ4v) is 3.79. The number of nitrogens with zero attached hydrogens (tertiary/aromatic N) is 2. The topological polar surface area (TPSA) is 66.9 Å². The smallest absolute Gasteiger partial charge is 0.265 e. The molecule has 0 N–H and O–H groups in total. The average Bonchev–Trinajstić information content (AvgIpc) is 2.76. The van der Waals surface area contributed by atoms with Crippen LogP contribution in [-0.2, 0) is 9.59 Å². The van der Waals surface area contributed by atoms with Gasteiger partial charge < -0.3 is 9.64 Å². The van der Waals surface area contributed by atoms with E-state index in [0.29, 0.717) is 37.4 Å². The monoisotopic (exact) mass is 378 g/mol. The Morgan fingerprint density at radius 1 is 0.964 bits per heavy atom. The number of amides is 2.